The minimum atomic E-state index is -4.79. The van der Waals surface area contributed by atoms with Crippen molar-refractivity contribution in [1.82, 2.24) is 4.98 Å². The lowest BCUT2D eigenvalue weighted by Crippen LogP contribution is -2.16. The first-order valence-corrected chi connectivity index (χ1v) is 9.14. The quantitative estimate of drug-likeness (QED) is 0.673. The van der Waals surface area contributed by atoms with E-state index in [1.54, 1.807) is 6.07 Å². The van der Waals surface area contributed by atoms with Crippen LogP contribution in [0.2, 0.25) is 0 Å². The lowest BCUT2D eigenvalue weighted by Gasteiger charge is -2.09. The monoisotopic (exact) mass is 392 g/mol. The van der Waals surface area contributed by atoms with Crippen LogP contribution in [0.4, 0.5) is 13.2 Å². The molecule has 27 heavy (non-hydrogen) atoms. The average Bonchev–Trinajstić information content (AvgIpc) is 3.19. The number of pyridine rings is 1. The Morgan fingerprint density at radius 2 is 2.04 bits per heavy atom. The Labute approximate surface area is 156 Å². The van der Waals surface area contributed by atoms with Gasteiger partial charge in [-0.05, 0) is 42.7 Å². The number of carbonyl (C=O) groups excluding carboxylic acids is 1. The summed E-state index contributed by atoms with van der Waals surface area (Å²) < 4.78 is 42.4. The van der Waals surface area contributed by atoms with Crippen LogP contribution in [-0.4, -0.2) is 17.3 Å². The molecule has 2 N–H and O–H groups in total. The minimum absolute atomic E-state index is 0.266. The van der Waals surface area contributed by atoms with Crippen molar-refractivity contribution in [3.63, 3.8) is 0 Å². The Morgan fingerprint density at radius 3 is 2.67 bits per heavy atom. The predicted octanol–water partition coefficient (Wildman–Crippen LogP) is 5.08. The van der Waals surface area contributed by atoms with Crippen LogP contribution in [0, 0.1) is 5.92 Å². The topological polar surface area (TPSA) is 65.2 Å². The lowest BCUT2D eigenvalue weighted by molar-refractivity contribution is -0.274. The zero-order valence-electron chi connectivity index (χ0n) is 14.2. The highest BCUT2D eigenvalue weighted by molar-refractivity contribution is 7.21. The molecule has 4 rings (SSSR count). The number of carbonyl (C=O) groups is 1. The number of amides is 1. The summed E-state index contributed by atoms with van der Waals surface area (Å²) in [7, 11) is 0. The molecule has 2 aromatic heterocycles. The second-order valence-corrected chi connectivity index (χ2v) is 7.70. The van der Waals surface area contributed by atoms with Crippen LogP contribution in [0.5, 0.6) is 5.75 Å². The Kier molecular flexibility index (Phi) is 4.10. The van der Waals surface area contributed by atoms with Crippen LogP contribution in [0.25, 0.3) is 21.3 Å². The summed E-state index contributed by atoms with van der Waals surface area (Å²) in [5.74, 6) is -0.0705. The number of primary amides is 1. The van der Waals surface area contributed by atoms with Crippen LogP contribution in [0.3, 0.4) is 0 Å². The van der Waals surface area contributed by atoms with E-state index in [2.05, 4.69) is 16.6 Å². The Morgan fingerprint density at radius 1 is 1.30 bits per heavy atom. The van der Waals surface area contributed by atoms with Crippen molar-refractivity contribution in [2.75, 3.05) is 0 Å². The predicted molar refractivity (Wildman–Crippen MR) is 96.8 cm³/mol. The van der Waals surface area contributed by atoms with E-state index >= 15 is 0 Å². The molecule has 1 aliphatic rings. The molecule has 0 saturated heterocycles. The van der Waals surface area contributed by atoms with Crippen LogP contribution >= 0.6 is 11.3 Å². The van der Waals surface area contributed by atoms with E-state index < -0.39 is 12.3 Å². The van der Waals surface area contributed by atoms with Crippen molar-refractivity contribution in [1.29, 1.82) is 0 Å². The highest BCUT2D eigenvalue weighted by Gasteiger charge is 2.35. The summed E-state index contributed by atoms with van der Waals surface area (Å²) in [6.45, 7) is 2.13. The molecule has 1 aromatic carbocycles. The summed E-state index contributed by atoms with van der Waals surface area (Å²) >= 11 is 1.13. The maximum atomic E-state index is 12.6. The van der Waals surface area contributed by atoms with Gasteiger partial charge in [0.15, 0.2) is 0 Å². The number of fused-ring (bicyclic) bond motifs is 1. The summed E-state index contributed by atoms with van der Waals surface area (Å²) in [5, 5.41) is 0.462. The van der Waals surface area contributed by atoms with Gasteiger partial charge in [0, 0.05) is 27.3 Å². The molecular formula is C19H15F3N2O2S. The van der Waals surface area contributed by atoms with Gasteiger partial charge in [-0.3, -0.25) is 9.78 Å². The number of thiophene rings is 1. The van der Waals surface area contributed by atoms with Gasteiger partial charge in [0.1, 0.15) is 10.6 Å². The molecule has 1 fully saturated rings. The van der Waals surface area contributed by atoms with Gasteiger partial charge >= 0.3 is 6.36 Å². The first-order valence-electron chi connectivity index (χ1n) is 8.32. The fourth-order valence-corrected chi connectivity index (χ4v) is 4.28. The van der Waals surface area contributed by atoms with Gasteiger partial charge < -0.3 is 10.5 Å². The average molecular weight is 392 g/mol. The summed E-state index contributed by atoms with van der Waals surface area (Å²) in [6, 6.07) is 9.48. The first kappa shape index (κ1) is 17.8. The van der Waals surface area contributed by atoms with E-state index in [0.717, 1.165) is 23.5 Å². The molecule has 2 atom stereocenters. The number of aromatic nitrogens is 1. The van der Waals surface area contributed by atoms with E-state index in [1.165, 1.54) is 18.2 Å². The highest BCUT2D eigenvalue weighted by Crippen LogP contribution is 2.47. The fourth-order valence-electron chi connectivity index (χ4n) is 3.23. The van der Waals surface area contributed by atoms with Crippen molar-refractivity contribution < 1.29 is 22.7 Å². The first-order chi connectivity index (χ1) is 12.7. The maximum Gasteiger partial charge on any atom is 0.573 e. The molecule has 0 radical (unpaired) electrons. The van der Waals surface area contributed by atoms with Gasteiger partial charge in [-0.15, -0.1) is 24.5 Å². The van der Waals surface area contributed by atoms with Crippen LogP contribution < -0.4 is 10.5 Å². The van der Waals surface area contributed by atoms with Gasteiger partial charge in [0.2, 0.25) is 0 Å². The minimum Gasteiger partial charge on any atom is -0.406 e. The van der Waals surface area contributed by atoms with Crippen molar-refractivity contribution in [2.24, 2.45) is 11.7 Å². The standard InChI is InChI=1S/C19H15F3N2O2S/c1-9-7-11(9)13-3-2-4-14(24-13)16-12-8-10(26-19(20,21)22)5-6-15(12)27-17(16)18(23)25/h2-6,8-9,11H,7H2,1H3,(H2,23,25). The van der Waals surface area contributed by atoms with E-state index in [9.17, 15) is 18.0 Å². The number of benzene rings is 1. The normalized spacial score (nSPS) is 19.3. The number of nitrogens with two attached hydrogens (primary N) is 1. The molecule has 1 amide bonds. The van der Waals surface area contributed by atoms with Gasteiger partial charge in [0.05, 0.1) is 5.69 Å². The number of ether oxygens (including phenoxy) is 1. The number of halogens is 3. The number of alkyl halides is 3. The molecular weight excluding hydrogens is 377 g/mol. The summed E-state index contributed by atoms with van der Waals surface area (Å²) in [4.78, 5) is 16.9. The SMILES string of the molecule is CC1CC1c1cccc(-c2c(C(N)=O)sc3ccc(OC(F)(F)F)cc23)n1. The largest absolute Gasteiger partial charge is 0.573 e. The second kappa shape index (κ2) is 6.23. The molecule has 0 bridgehead atoms. The highest BCUT2D eigenvalue weighted by atomic mass is 32.1. The number of nitrogens with zero attached hydrogens (tertiary/aromatic N) is 1. The Bertz CT molecular complexity index is 1050. The third-order valence-corrected chi connectivity index (χ3v) is 5.82. The Hall–Kier alpha value is -2.61. The van der Waals surface area contributed by atoms with Crippen LogP contribution in [-0.2, 0) is 0 Å². The van der Waals surface area contributed by atoms with Gasteiger partial charge in [-0.2, -0.15) is 0 Å². The smallest absolute Gasteiger partial charge is 0.406 e. The third kappa shape index (κ3) is 3.49. The van der Waals surface area contributed by atoms with Gasteiger partial charge in [-0.25, -0.2) is 0 Å². The summed E-state index contributed by atoms with van der Waals surface area (Å²) in [6.07, 6.45) is -3.75. The Balaban J connectivity index is 1.88. The third-order valence-electron chi connectivity index (χ3n) is 4.63. The molecule has 140 valence electrons. The van der Waals surface area contributed by atoms with E-state index in [1.807, 2.05) is 12.1 Å². The fraction of sp³-hybridized carbons (Fsp3) is 0.263. The van der Waals surface area contributed by atoms with Crippen LogP contribution in [0.15, 0.2) is 36.4 Å². The van der Waals surface area contributed by atoms with Crippen molar-refractivity contribution in [2.45, 2.75) is 25.6 Å². The molecule has 8 heteroatoms. The molecule has 0 spiro atoms. The van der Waals surface area contributed by atoms with Crippen molar-refractivity contribution >= 4 is 27.3 Å². The van der Waals surface area contributed by atoms with Crippen molar-refractivity contribution in [3.05, 3.63) is 47.0 Å². The summed E-state index contributed by atoms with van der Waals surface area (Å²) in [5.41, 5.74) is 7.41. The van der Waals surface area contributed by atoms with Crippen LogP contribution in [0.1, 0.15) is 34.6 Å². The molecule has 1 aliphatic carbocycles. The lowest BCUT2D eigenvalue weighted by atomic mass is 10.0. The molecule has 2 heterocycles. The molecule has 4 nitrogen and oxygen atoms in total. The molecule has 3 aromatic rings. The van der Waals surface area contributed by atoms with Gasteiger partial charge in [0.25, 0.3) is 5.91 Å². The van der Waals surface area contributed by atoms with Gasteiger partial charge in [-0.1, -0.05) is 13.0 Å². The maximum absolute atomic E-state index is 12.6. The molecule has 1 saturated carbocycles. The van der Waals surface area contributed by atoms with E-state index in [-0.39, 0.29) is 10.6 Å². The van der Waals surface area contributed by atoms with E-state index in [0.29, 0.717) is 33.2 Å². The van der Waals surface area contributed by atoms with E-state index in [4.69, 9.17) is 5.73 Å². The second-order valence-electron chi connectivity index (χ2n) is 6.64. The molecule has 0 aliphatic heterocycles. The molecule has 2 unspecified atom stereocenters. The van der Waals surface area contributed by atoms with Crippen molar-refractivity contribution in [3.8, 4) is 17.0 Å². The number of hydrogen-bond donors (Lipinski definition) is 1. The number of rotatable bonds is 4. The zero-order chi connectivity index (χ0) is 19.3. The number of hydrogen-bond acceptors (Lipinski definition) is 4. The zero-order valence-corrected chi connectivity index (χ0v) is 15.0.